The van der Waals surface area contributed by atoms with Crippen LogP contribution < -0.4 is 10.2 Å². The molecular weight excluding hydrogens is 346 g/mol. The van der Waals surface area contributed by atoms with Gasteiger partial charge < -0.3 is 14.3 Å². The van der Waals surface area contributed by atoms with Crippen LogP contribution in [0.15, 0.2) is 54.6 Å². The lowest BCUT2D eigenvalue weighted by molar-refractivity contribution is -0.129. The molecule has 2 N–H and O–H groups in total. The molecule has 6 heteroatoms. The second kappa shape index (κ2) is 11.8. The van der Waals surface area contributed by atoms with Crippen molar-refractivity contribution >= 4 is 12.2 Å². The van der Waals surface area contributed by atoms with Gasteiger partial charge in [0, 0.05) is 6.42 Å². The van der Waals surface area contributed by atoms with Crippen molar-refractivity contribution in [1.82, 2.24) is 5.48 Å². The molecule has 2 aromatic carbocycles. The predicted molar refractivity (Wildman–Crippen MR) is 101 cm³/mol. The number of carbonyl (C=O) groups is 2. The molecule has 0 radical (unpaired) electrons. The molecule has 144 valence electrons. The minimum atomic E-state index is -0.477. The highest BCUT2D eigenvalue weighted by molar-refractivity contribution is 5.74. The molecule has 0 saturated heterocycles. The lowest BCUT2D eigenvalue weighted by atomic mass is 10.1. The van der Waals surface area contributed by atoms with Gasteiger partial charge >= 0.3 is 0 Å². The van der Waals surface area contributed by atoms with E-state index in [2.05, 4.69) is 0 Å². The first-order valence-electron chi connectivity index (χ1n) is 9.03. The van der Waals surface area contributed by atoms with Crippen molar-refractivity contribution in [2.45, 2.75) is 44.8 Å². The Bertz CT molecular complexity index is 705. The Hall–Kier alpha value is -2.70. The minimum Gasteiger partial charge on any atom is -0.457 e. The third-order valence-electron chi connectivity index (χ3n) is 4.01. The highest BCUT2D eigenvalue weighted by Crippen LogP contribution is 2.22. The zero-order chi connectivity index (χ0) is 19.3. The smallest absolute Gasteiger partial charge is 0.243 e. The van der Waals surface area contributed by atoms with E-state index in [1.807, 2.05) is 54.6 Å². The summed E-state index contributed by atoms with van der Waals surface area (Å²) in [4.78, 5) is 22.1. The molecule has 0 spiro atoms. The molecule has 0 fully saturated rings. The molecule has 27 heavy (non-hydrogen) atoms. The molecule has 1 unspecified atom stereocenters. The summed E-state index contributed by atoms with van der Waals surface area (Å²) in [6, 6.07) is 17.1. The molecule has 0 aliphatic heterocycles. The number of hydrogen-bond acceptors (Lipinski definition) is 5. The predicted octanol–water partition coefficient (Wildman–Crippen LogP) is 4.02. The molecule has 0 bridgehead atoms. The van der Waals surface area contributed by atoms with E-state index in [1.54, 1.807) is 5.48 Å². The second-order valence-corrected chi connectivity index (χ2v) is 6.18. The van der Waals surface area contributed by atoms with Gasteiger partial charge in [-0.1, -0.05) is 43.2 Å². The Morgan fingerprint density at radius 3 is 2.56 bits per heavy atom. The fraction of sp³-hybridized carbons (Fsp3) is 0.333. The maximum atomic E-state index is 11.2. The first kappa shape index (κ1) is 20.6. The fourth-order valence-corrected chi connectivity index (χ4v) is 2.58. The molecule has 2 rings (SSSR count). The number of unbranched alkanes of at least 4 members (excludes halogenated alkanes) is 2. The van der Waals surface area contributed by atoms with Gasteiger partial charge in [0.1, 0.15) is 23.9 Å². The van der Waals surface area contributed by atoms with Crippen LogP contribution in [-0.2, 0) is 20.9 Å². The standard InChI is InChI=1S/C21H25NO5/c23-15-20(11-5-2-6-13-21(24)22-25)26-16-17-8-7-12-19(14-17)27-18-9-3-1-4-10-18/h1,3-4,7-10,12,14-15,20,25H,2,5-6,11,13,16H2,(H,22,24). The molecule has 0 aromatic heterocycles. The van der Waals surface area contributed by atoms with E-state index in [-0.39, 0.29) is 6.42 Å². The van der Waals surface area contributed by atoms with E-state index in [1.165, 1.54) is 0 Å². The topological polar surface area (TPSA) is 84.9 Å². The monoisotopic (exact) mass is 371 g/mol. The van der Waals surface area contributed by atoms with Gasteiger partial charge in [-0.25, -0.2) is 5.48 Å². The minimum absolute atomic E-state index is 0.275. The van der Waals surface area contributed by atoms with Crippen molar-refractivity contribution < 1.29 is 24.3 Å². The van der Waals surface area contributed by atoms with Crippen LogP contribution in [0.25, 0.3) is 0 Å². The highest BCUT2D eigenvalue weighted by Gasteiger charge is 2.09. The van der Waals surface area contributed by atoms with Gasteiger partial charge in [0.15, 0.2) is 0 Å². The number of hydroxylamine groups is 1. The number of para-hydroxylation sites is 1. The van der Waals surface area contributed by atoms with Gasteiger partial charge in [-0.2, -0.15) is 0 Å². The molecule has 0 aliphatic carbocycles. The van der Waals surface area contributed by atoms with Gasteiger partial charge in [0.05, 0.1) is 6.61 Å². The number of hydrogen-bond donors (Lipinski definition) is 2. The van der Waals surface area contributed by atoms with E-state index in [0.717, 1.165) is 30.4 Å². The average molecular weight is 371 g/mol. The van der Waals surface area contributed by atoms with Crippen LogP contribution in [0.2, 0.25) is 0 Å². The lowest BCUT2D eigenvalue weighted by Crippen LogP contribution is -2.18. The number of aldehydes is 1. The van der Waals surface area contributed by atoms with Crippen molar-refractivity contribution in [3.05, 3.63) is 60.2 Å². The maximum absolute atomic E-state index is 11.2. The number of ether oxygens (including phenoxy) is 2. The van der Waals surface area contributed by atoms with Gasteiger partial charge in [-0.15, -0.1) is 0 Å². The molecule has 0 aliphatic rings. The van der Waals surface area contributed by atoms with E-state index in [4.69, 9.17) is 14.7 Å². The zero-order valence-electron chi connectivity index (χ0n) is 15.2. The first-order valence-corrected chi connectivity index (χ1v) is 9.03. The van der Waals surface area contributed by atoms with E-state index in [9.17, 15) is 9.59 Å². The van der Waals surface area contributed by atoms with Crippen molar-refractivity contribution in [3.63, 3.8) is 0 Å². The Morgan fingerprint density at radius 1 is 1.04 bits per heavy atom. The summed E-state index contributed by atoms with van der Waals surface area (Å²) in [6.07, 6.45) is 3.44. The molecule has 0 heterocycles. The van der Waals surface area contributed by atoms with Gasteiger partial charge in [0.25, 0.3) is 0 Å². The summed E-state index contributed by atoms with van der Waals surface area (Å²) in [5.41, 5.74) is 2.53. The van der Waals surface area contributed by atoms with E-state index in [0.29, 0.717) is 25.2 Å². The Kier molecular flexibility index (Phi) is 9.03. The summed E-state index contributed by atoms with van der Waals surface area (Å²) in [5.74, 6) is 1.08. The van der Waals surface area contributed by atoms with Crippen LogP contribution in [0.1, 0.15) is 37.7 Å². The highest BCUT2D eigenvalue weighted by atomic mass is 16.5. The summed E-state index contributed by atoms with van der Waals surface area (Å²) >= 11 is 0. The number of benzene rings is 2. The SMILES string of the molecule is O=CC(CCCCCC(=O)NO)OCc1cccc(Oc2ccccc2)c1. The molecular formula is C21H25NO5. The molecule has 0 saturated carbocycles. The van der Waals surface area contributed by atoms with Crippen LogP contribution >= 0.6 is 0 Å². The Labute approximate surface area is 159 Å². The zero-order valence-corrected chi connectivity index (χ0v) is 15.2. The van der Waals surface area contributed by atoms with Gasteiger partial charge in [-0.3, -0.25) is 10.0 Å². The molecule has 1 amide bonds. The first-order chi connectivity index (χ1) is 13.2. The molecule has 1 atom stereocenters. The van der Waals surface area contributed by atoms with Crippen LogP contribution in [0.4, 0.5) is 0 Å². The van der Waals surface area contributed by atoms with Crippen molar-refractivity contribution in [2.24, 2.45) is 0 Å². The molecule has 6 nitrogen and oxygen atoms in total. The van der Waals surface area contributed by atoms with Crippen molar-refractivity contribution in [1.29, 1.82) is 0 Å². The van der Waals surface area contributed by atoms with E-state index >= 15 is 0 Å². The van der Waals surface area contributed by atoms with Crippen LogP contribution in [-0.4, -0.2) is 23.5 Å². The number of nitrogens with one attached hydrogen (secondary N) is 1. The third-order valence-corrected chi connectivity index (χ3v) is 4.01. The third kappa shape index (κ3) is 8.02. The summed E-state index contributed by atoms with van der Waals surface area (Å²) in [5, 5.41) is 8.42. The summed E-state index contributed by atoms with van der Waals surface area (Å²) in [6.45, 7) is 0.322. The Balaban J connectivity index is 1.74. The molecule has 2 aromatic rings. The average Bonchev–Trinajstić information content (AvgIpc) is 2.71. The largest absolute Gasteiger partial charge is 0.457 e. The summed E-state index contributed by atoms with van der Waals surface area (Å²) < 4.78 is 11.5. The number of rotatable bonds is 12. The van der Waals surface area contributed by atoms with Crippen LogP contribution in [0.5, 0.6) is 11.5 Å². The number of carbonyl (C=O) groups excluding carboxylic acids is 2. The summed E-state index contributed by atoms with van der Waals surface area (Å²) in [7, 11) is 0. The quantitative estimate of drug-likeness (QED) is 0.255. The maximum Gasteiger partial charge on any atom is 0.243 e. The second-order valence-electron chi connectivity index (χ2n) is 6.18. The fourth-order valence-electron chi connectivity index (χ4n) is 2.58. The van der Waals surface area contributed by atoms with Gasteiger partial charge in [0.2, 0.25) is 5.91 Å². The Morgan fingerprint density at radius 2 is 1.81 bits per heavy atom. The van der Waals surface area contributed by atoms with Crippen molar-refractivity contribution in [2.75, 3.05) is 0 Å². The van der Waals surface area contributed by atoms with Gasteiger partial charge in [-0.05, 0) is 42.7 Å². The van der Waals surface area contributed by atoms with Crippen molar-refractivity contribution in [3.8, 4) is 11.5 Å². The lowest BCUT2D eigenvalue weighted by Gasteiger charge is -2.13. The normalized spacial score (nSPS) is 11.6. The number of amides is 1. The van der Waals surface area contributed by atoms with Crippen LogP contribution in [0.3, 0.4) is 0 Å². The van der Waals surface area contributed by atoms with Crippen LogP contribution in [0, 0.1) is 0 Å². The van der Waals surface area contributed by atoms with E-state index < -0.39 is 12.0 Å².